The average Bonchev–Trinajstić information content (AvgIpc) is 3.25. The van der Waals surface area contributed by atoms with Gasteiger partial charge in [-0.15, -0.1) is 0 Å². The number of pyridine rings is 1. The van der Waals surface area contributed by atoms with Crippen LogP contribution >= 0.6 is 11.3 Å². The second-order valence-electron chi connectivity index (χ2n) is 8.42. The number of aromatic nitrogens is 1. The number of ether oxygens (including phenoxy) is 2. The number of benzene rings is 1. The first-order valence-electron chi connectivity index (χ1n) is 11.5. The minimum absolute atomic E-state index is 0.135. The van der Waals surface area contributed by atoms with Crippen LogP contribution in [-0.4, -0.2) is 54.1 Å². The van der Waals surface area contributed by atoms with Crippen LogP contribution in [0.1, 0.15) is 34.1 Å². The zero-order chi connectivity index (χ0) is 24.1. The summed E-state index contributed by atoms with van der Waals surface area (Å²) in [7, 11) is 3.30. The molecule has 0 bridgehead atoms. The van der Waals surface area contributed by atoms with Gasteiger partial charge in [-0.1, -0.05) is 12.1 Å². The van der Waals surface area contributed by atoms with E-state index in [0.717, 1.165) is 42.2 Å². The van der Waals surface area contributed by atoms with Crippen LogP contribution in [0.15, 0.2) is 52.0 Å². The first-order chi connectivity index (χ1) is 16.5. The number of hydrogen-bond acceptors (Lipinski definition) is 6. The maximum Gasteiger partial charge on any atom is 0.259 e. The smallest absolute Gasteiger partial charge is 0.259 e. The summed E-state index contributed by atoms with van der Waals surface area (Å²) in [5.41, 5.74) is 3.34. The highest BCUT2D eigenvalue weighted by Gasteiger charge is 2.27. The normalized spacial score (nSPS) is 13.7. The SMILES string of the molecule is CCOc1cccc(CN2CCc3c(C(=O)N(C)Cc4ccsc4)c(OC)cc(=O)n3CC2)c1. The number of thiophene rings is 1. The summed E-state index contributed by atoms with van der Waals surface area (Å²) in [5.74, 6) is 1.07. The van der Waals surface area contributed by atoms with Crippen LogP contribution in [0.3, 0.4) is 0 Å². The Labute approximate surface area is 204 Å². The number of nitrogens with zero attached hydrogens (tertiary/aromatic N) is 3. The molecule has 0 aliphatic carbocycles. The lowest BCUT2D eigenvalue weighted by Gasteiger charge is -2.22. The summed E-state index contributed by atoms with van der Waals surface area (Å²) >= 11 is 1.61. The number of rotatable bonds is 8. The Kier molecular flexibility index (Phi) is 7.70. The van der Waals surface area contributed by atoms with Crippen molar-refractivity contribution in [3.05, 3.63) is 79.9 Å². The van der Waals surface area contributed by atoms with Crippen LogP contribution in [0.4, 0.5) is 0 Å². The van der Waals surface area contributed by atoms with E-state index in [9.17, 15) is 9.59 Å². The molecule has 0 saturated heterocycles. The highest BCUT2D eigenvalue weighted by molar-refractivity contribution is 7.07. The van der Waals surface area contributed by atoms with Gasteiger partial charge in [-0.05, 0) is 47.0 Å². The Bertz CT molecular complexity index is 1190. The van der Waals surface area contributed by atoms with Gasteiger partial charge in [0, 0.05) is 58.0 Å². The largest absolute Gasteiger partial charge is 0.496 e. The summed E-state index contributed by atoms with van der Waals surface area (Å²) in [4.78, 5) is 30.4. The first kappa shape index (κ1) is 24.0. The van der Waals surface area contributed by atoms with Crippen molar-refractivity contribution in [2.45, 2.75) is 33.0 Å². The van der Waals surface area contributed by atoms with Crippen molar-refractivity contribution in [3.8, 4) is 11.5 Å². The molecule has 0 saturated carbocycles. The number of amides is 1. The Balaban J connectivity index is 1.58. The molecule has 180 valence electrons. The Hall–Kier alpha value is -3.10. The van der Waals surface area contributed by atoms with Gasteiger partial charge in [-0.3, -0.25) is 14.5 Å². The summed E-state index contributed by atoms with van der Waals surface area (Å²) in [5, 5.41) is 4.04. The van der Waals surface area contributed by atoms with Crippen molar-refractivity contribution in [2.24, 2.45) is 0 Å². The van der Waals surface area contributed by atoms with Crippen LogP contribution in [0.2, 0.25) is 0 Å². The average molecular weight is 482 g/mol. The van der Waals surface area contributed by atoms with Crippen molar-refractivity contribution in [3.63, 3.8) is 0 Å². The molecule has 0 radical (unpaired) electrons. The quantitative estimate of drug-likeness (QED) is 0.492. The molecule has 1 aromatic carbocycles. The molecule has 4 rings (SSSR count). The predicted octanol–water partition coefficient (Wildman–Crippen LogP) is 3.65. The van der Waals surface area contributed by atoms with Gasteiger partial charge in [-0.25, -0.2) is 0 Å². The molecule has 3 aromatic rings. The number of carbonyl (C=O) groups is 1. The summed E-state index contributed by atoms with van der Waals surface area (Å²) in [6.45, 7) is 5.84. The van der Waals surface area contributed by atoms with E-state index >= 15 is 0 Å². The van der Waals surface area contributed by atoms with E-state index in [4.69, 9.17) is 9.47 Å². The molecule has 0 fully saturated rings. The van der Waals surface area contributed by atoms with E-state index in [-0.39, 0.29) is 11.5 Å². The zero-order valence-corrected chi connectivity index (χ0v) is 20.8. The summed E-state index contributed by atoms with van der Waals surface area (Å²) < 4.78 is 12.9. The van der Waals surface area contributed by atoms with E-state index in [2.05, 4.69) is 17.0 Å². The molecule has 8 heteroatoms. The molecule has 3 heterocycles. The van der Waals surface area contributed by atoms with Crippen LogP contribution < -0.4 is 15.0 Å². The van der Waals surface area contributed by atoms with Crippen molar-refractivity contribution in [1.29, 1.82) is 0 Å². The van der Waals surface area contributed by atoms with E-state index in [1.54, 1.807) is 27.9 Å². The van der Waals surface area contributed by atoms with Gasteiger partial charge in [0.05, 0.1) is 13.7 Å². The molecular formula is C26H31N3O4S. The number of fused-ring (bicyclic) bond motifs is 1. The summed E-state index contributed by atoms with van der Waals surface area (Å²) in [6.07, 6.45) is 0.588. The molecule has 0 N–H and O–H groups in total. The fraction of sp³-hybridized carbons (Fsp3) is 0.385. The maximum atomic E-state index is 13.5. The Morgan fingerprint density at radius 3 is 2.74 bits per heavy atom. The van der Waals surface area contributed by atoms with Crippen LogP contribution in [-0.2, 0) is 26.1 Å². The van der Waals surface area contributed by atoms with Crippen LogP contribution in [0, 0.1) is 0 Å². The lowest BCUT2D eigenvalue weighted by Crippen LogP contribution is -2.32. The third kappa shape index (κ3) is 5.34. The predicted molar refractivity (Wildman–Crippen MR) is 134 cm³/mol. The first-order valence-corrected chi connectivity index (χ1v) is 12.5. The fourth-order valence-electron chi connectivity index (χ4n) is 4.42. The third-order valence-electron chi connectivity index (χ3n) is 6.08. The highest BCUT2D eigenvalue weighted by atomic mass is 32.1. The molecule has 0 atom stereocenters. The minimum atomic E-state index is -0.135. The molecular weight excluding hydrogens is 450 g/mol. The number of carbonyl (C=O) groups excluding carboxylic acids is 1. The minimum Gasteiger partial charge on any atom is -0.496 e. The standard InChI is InChI=1S/C26H31N3O4S/c1-4-33-21-7-5-6-19(14-21)17-28-10-8-22-25(23(32-3)15-24(30)29(22)12-11-28)26(31)27(2)16-20-9-13-34-18-20/h5-7,9,13-15,18H,4,8,10-12,16-17H2,1-3H3. The van der Waals surface area contributed by atoms with Gasteiger partial charge in [0.25, 0.3) is 11.5 Å². The number of methoxy groups -OCH3 is 1. The fourth-order valence-corrected chi connectivity index (χ4v) is 5.08. The van der Waals surface area contributed by atoms with Crippen molar-refractivity contribution < 1.29 is 14.3 Å². The lowest BCUT2D eigenvalue weighted by atomic mass is 10.1. The third-order valence-corrected chi connectivity index (χ3v) is 6.81. The molecule has 0 spiro atoms. The molecule has 1 aliphatic rings. The van der Waals surface area contributed by atoms with Gasteiger partial charge in [0.2, 0.25) is 0 Å². The molecule has 1 amide bonds. The van der Waals surface area contributed by atoms with Gasteiger partial charge in [0.15, 0.2) is 0 Å². The van der Waals surface area contributed by atoms with E-state index in [1.165, 1.54) is 13.2 Å². The molecule has 2 aromatic heterocycles. The second-order valence-corrected chi connectivity index (χ2v) is 9.20. The van der Waals surface area contributed by atoms with Crippen molar-refractivity contribution in [2.75, 3.05) is 33.9 Å². The molecule has 34 heavy (non-hydrogen) atoms. The maximum absolute atomic E-state index is 13.5. The Morgan fingerprint density at radius 2 is 2.00 bits per heavy atom. The lowest BCUT2D eigenvalue weighted by molar-refractivity contribution is 0.0779. The zero-order valence-electron chi connectivity index (χ0n) is 20.0. The highest BCUT2D eigenvalue weighted by Crippen LogP contribution is 2.25. The monoisotopic (exact) mass is 481 g/mol. The topological polar surface area (TPSA) is 64.0 Å². The van der Waals surface area contributed by atoms with E-state index < -0.39 is 0 Å². The van der Waals surface area contributed by atoms with Crippen LogP contribution in [0.5, 0.6) is 11.5 Å². The van der Waals surface area contributed by atoms with Gasteiger partial charge in [0.1, 0.15) is 17.1 Å². The van der Waals surface area contributed by atoms with Gasteiger partial charge in [-0.2, -0.15) is 11.3 Å². The van der Waals surface area contributed by atoms with Crippen LogP contribution in [0.25, 0.3) is 0 Å². The van der Waals surface area contributed by atoms with E-state index in [0.29, 0.717) is 37.4 Å². The van der Waals surface area contributed by atoms with E-state index in [1.807, 2.05) is 35.9 Å². The second kappa shape index (κ2) is 10.9. The Morgan fingerprint density at radius 1 is 1.15 bits per heavy atom. The number of hydrogen-bond donors (Lipinski definition) is 0. The summed E-state index contributed by atoms with van der Waals surface area (Å²) in [6, 6.07) is 11.6. The van der Waals surface area contributed by atoms with Crippen molar-refractivity contribution >= 4 is 17.2 Å². The van der Waals surface area contributed by atoms with Gasteiger partial charge < -0.3 is 18.9 Å². The van der Waals surface area contributed by atoms with Gasteiger partial charge >= 0.3 is 0 Å². The molecule has 0 unspecified atom stereocenters. The molecule has 1 aliphatic heterocycles. The molecule has 7 nitrogen and oxygen atoms in total. The van der Waals surface area contributed by atoms with Crippen molar-refractivity contribution in [1.82, 2.24) is 14.4 Å².